The fourth-order valence-corrected chi connectivity index (χ4v) is 14.8. The lowest BCUT2D eigenvalue weighted by Crippen LogP contribution is -2.09. The molecule has 0 aliphatic rings. The third kappa shape index (κ3) is 14.7. The van der Waals surface area contributed by atoms with Gasteiger partial charge in [0.1, 0.15) is 0 Å². The highest BCUT2D eigenvalue weighted by Crippen LogP contribution is 2.40. The molecule has 0 amide bonds. The van der Waals surface area contributed by atoms with E-state index in [9.17, 15) is 0 Å². The van der Waals surface area contributed by atoms with Crippen molar-refractivity contribution in [3.8, 4) is 17.1 Å². The maximum atomic E-state index is 2.43. The van der Waals surface area contributed by atoms with Crippen LogP contribution in [0, 0.1) is 11.8 Å². The smallest absolute Gasteiger partial charge is 0.0541 e. The minimum Gasteiger partial charge on any atom is -0.345 e. The predicted molar refractivity (Wildman–Crippen MR) is 439 cm³/mol. The highest BCUT2D eigenvalue weighted by molar-refractivity contribution is 6.12. The standard InChI is InChI=1S/C33H36N2.2C31H32N2/c1-23(2)19-25-11-17-32-30(21-25)31-22-26(20-24(3)4)12-18-33(31)35(32)29-15-13-28(14-16-29)34(5)27-9-7-6-8-10-27;1-21(2)23-11-17-30-28(19-23)29-20-24(22(3)4)12-18-31(29)33(30)27-15-13-26(14-16-27)32(5)25-9-7-6-8-10-25;1-4-9-23-13-19-30-28(21-23)29-22-24(10-5-2)14-20-31(29)33(30)27-17-15-26(16-18-27)32(3)25-11-7-6-8-12-25/h6-18,21-24H,19-20H2,1-5H3;6-22H,1-5H3;6-8,11-22H,4-5,9-10H2,1-3H3. The summed E-state index contributed by atoms with van der Waals surface area (Å²) < 4.78 is 7.25. The zero-order valence-electron chi connectivity index (χ0n) is 61.7. The molecular weight excluding hydrogens is 1230 g/mol. The predicted octanol–water partition coefficient (Wildman–Crippen LogP) is 26.2. The number of hydrogen-bond donors (Lipinski definition) is 0. The second-order valence-corrected chi connectivity index (χ2v) is 29.2. The maximum absolute atomic E-state index is 2.43. The van der Waals surface area contributed by atoms with E-state index in [0.29, 0.717) is 23.7 Å². The van der Waals surface area contributed by atoms with Gasteiger partial charge in [-0.3, -0.25) is 0 Å². The normalized spacial score (nSPS) is 11.6. The Balaban J connectivity index is 0.000000136. The molecule has 0 radical (unpaired) electrons. The Morgan fingerprint density at radius 2 is 0.495 bits per heavy atom. The number of para-hydroxylation sites is 3. The lowest BCUT2D eigenvalue weighted by atomic mass is 9.98. The van der Waals surface area contributed by atoms with Crippen LogP contribution in [-0.4, -0.2) is 34.8 Å². The summed E-state index contributed by atoms with van der Waals surface area (Å²) in [6.45, 7) is 22.7. The summed E-state index contributed by atoms with van der Waals surface area (Å²) >= 11 is 0. The van der Waals surface area contributed by atoms with Crippen LogP contribution in [0.25, 0.3) is 82.5 Å². The number of nitrogens with zero attached hydrogens (tertiary/aromatic N) is 6. The molecule has 510 valence electrons. The molecular formula is C95H100N6. The zero-order valence-corrected chi connectivity index (χ0v) is 61.7. The molecule has 6 nitrogen and oxygen atoms in total. The topological polar surface area (TPSA) is 24.5 Å². The van der Waals surface area contributed by atoms with E-state index in [2.05, 4.69) is 392 Å². The molecule has 0 unspecified atom stereocenters. The minimum atomic E-state index is 0.508. The second-order valence-electron chi connectivity index (χ2n) is 29.2. The van der Waals surface area contributed by atoms with Crippen molar-refractivity contribution in [2.75, 3.05) is 35.8 Å². The van der Waals surface area contributed by atoms with Gasteiger partial charge in [0.15, 0.2) is 0 Å². The average Bonchev–Trinajstić information content (AvgIpc) is 1.61. The van der Waals surface area contributed by atoms with E-state index < -0.39 is 0 Å². The van der Waals surface area contributed by atoms with E-state index in [1.54, 1.807) is 0 Å². The Morgan fingerprint density at radius 3 is 0.752 bits per heavy atom. The van der Waals surface area contributed by atoms with Gasteiger partial charge < -0.3 is 28.4 Å². The summed E-state index contributed by atoms with van der Waals surface area (Å²) in [7, 11) is 6.36. The first kappa shape index (κ1) is 68.9. The fourth-order valence-electron chi connectivity index (χ4n) is 14.8. The van der Waals surface area contributed by atoms with Crippen LogP contribution >= 0.6 is 0 Å². The molecule has 0 bridgehead atoms. The van der Waals surface area contributed by atoms with Crippen LogP contribution in [0.2, 0.25) is 0 Å². The maximum Gasteiger partial charge on any atom is 0.0541 e. The number of hydrogen-bond acceptors (Lipinski definition) is 3. The van der Waals surface area contributed by atoms with Gasteiger partial charge in [0.25, 0.3) is 0 Å². The van der Waals surface area contributed by atoms with E-state index in [0.717, 1.165) is 25.7 Å². The quantitative estimate of drug-likeness (QED) is 0.0806. The van der Waals surface area contributed by atoms with Gasteiger partial charge in [-0.25, -0.2) is 0 Å². The Hall–Kier alpha value is -10.6. The molecule has 0 fully saturated rings. The Labute approximate surface area is 600 Å². The van der Waals surface area contributed by atoms with Gasteiger partial charge in [-0.2, -0.15) is 0 Å². The highest BCUT2D eigenvalue weighted by atomic mass is 15.1. The molecule has 0 aliphatic heterocycles. The summed E-state index contributed by atoms with van der Waals surface area (Å²) in [4.78, 5) is 6.68. The SMILES string of the molecule is CC(C)Cc1ccc2c(c1)c1cc(CC(C)C)ccc1n2-c1ccc(N(C)c2ccccc2)cc1.CC(C)c1ccc2c(c1)c1cc(C(C)C)ccc1n2-c1ccc(N(C)c2ccccc2)cc1.CCCc1ccc2c(c1)c1cc(CCC)ccc1n2-c1ccc(N(C)c2ccccc2)cc1. The summed E-state index contributed by atoms with van der Waals surface area (Å²) in [6, 6.07) is 100. The third-order valence-electron chi connectivity index (χ3n) is 20.2. The van der Waals surface area contributed by atoms with Gasteiger partial charge >= 0.3 is 0 Å². The number of anilines is 6. The average molecular weight is 1330 g/mol. The van der Waals surface area contributed by atoms with Crippen molar-refractivity contribution in [2.24, 2.45) is 11.8 Å². The van der Waals surface area contributed by atoms with Crippen molar-refractivity contribution in [3.05, 3.63) is 306 Å². The first-order valence-electron chi connectivity index (χ1n) is 36.9. The van der Waals surface area contributed by atoms with Crippen molar-refractivity contribution in [1.29, 1.82) is 0 Å². The molecule has 0 saturated carbocycles. The molecule has 101 heavy (non-hydrogen) atoms. The number of benzene rings is 12. The third-order valence-corrected chi connectivity index (χ3v) is 20.2. The van der Waals surface area contributed by atoms with Crippen LogP contribution in [0.5, 0.6) is 0 Å². The molecule has 15 rings (SSSR count). The van der Waals surface area contributed by atoms with Crippen LogP contribution in [0.1, 0.15) is 127 Å². The minimum absolute atomic E-state index is 0.508. The molecule has 0 saturated heterocycles. The van der Waals surface area contributed by atoms with E-state index in [1.807, 2.05) is 0 Å². The van der Waals surface area contributed by atoms with Crippen molar-refractivity contribution in [2.45, 2.75) is 120 Å². The van der Waals surface area contributed by atoms with Gasteiger partial charge in [-0.1, -0.05) is 173 Å². The van der Waals surface area contributed by atoms with Crippen LogP contribution in [0.15, 0.2) is 273 Å². The molecule has 0 aliphatic carbocycles. The Bertz CT molecular complexity index is 5090. The van der Waals surface area contributed by atoms with Crippen molar-refractivity contribution in [1.82, 2.24) is 13.7 Å². The first-order chi connectivity index (χ1) is 49.0. The van der Waals surface area contributed by atoms with E-state index >= 15 is 0 Å². The van der Waals surface area contributed by atoms with Gasteiger partial charge in [-0.15, -0.1) is 0 Å². The largest absolute Gasteiger partial charge is 0.345 e. The van der Waals surface area contributed by atoms with Gasteiger partial charge in [0, 0.05) is 105 Å². The molecule has 0 spiro atoms. The van der Waals surface area contributed by atoms with Gasteiger partial charge in [-0.05, 0) is 265 Å². The van der Waals surface area contributed by atoms with Crippen LogP contribution in [0.3, 0.4) is 0 Å². The Morgan fingerprint density at radius 1 is 0.257 bits per heavy atom. The molecule has 0 N–H and O–H groups in total. The number of rotatable bonds is 19. The lowest BCUT2D eigenvalue weighted by Gasteiger charge is -2.20. The molecule has 3 aromatic heterocycles. The van der Waals surface area contributed by atoms with Crippen molar-refractivity contribution < 1.29 is 0 Å². The molecule has 12 aromatic carbocycles. The van der Waals surface area contributed by atoms with Gasteiger partial charge in [0.2, 0.25) is 0 Å². The molecule has 3 heterocycles. The number of fused-ring (bicyclic) bond motifs is 9. The summed E-state index contributed by atoms with van der Waals surface area (Å²) in [5.41, 5.74) is 26.8. The lowest BCUT2D eigenvalue weighted by molar-refractivity contribution is 0.647. The zero-order chi connectivity index (χ0) is 70.4. The van der Waals surface area contributed by atoms with Crippen LogP contribution in [0.4, 0.5) is 34.1 Å². The second kappa shape index (κ2) is 30.5. The van der Waals surface area contributed by atoms with Gasteiger partial charge in [0.05, 0.1) is 33.1 Å². The molecule has 0 atom stereocenters. The number of aryl methyl sites for hydroxylation is 2. The van der Waals surface area contributed by atoms with E-state index in [1.165, 1.54) is 163 Å². The van der Waals surface area contributed by atoms with E-state index in [4.69, 9.17) is 0 Å². The first-order valence-corrected chi connectivity index (χ1v) is 36.9. The van der Waals surface area contributed by atoms with Crippen molar-refractivity contribution >= 4 is 99.5 Å². The monoisotopic (exact) mass is 1320 g/mol. The van der Waals surface area contributed by atoms with Crippen LogP contribution < -0.4 is 14.7 Å². The highest BCUT2D eigenvalue weighted by Gasteiger charge is 2.20. The molecule has 15 aromatic rings. The van der Waals surface area contributed by atoms with Crippen LogP contribution in [-0.2, 0) is 25.7 Å². The molecule has 6 heteroatoms. The number of aromatic nitrogens is 3. The summed E-state index contributed by atoms with van der Waals surface area (Å²) in [5, 5.41) is 8.11. The Kier molecular flexibility index (Phi) is 20.8. The van der Waals surface area contributed by atoms with E-state index in [-0.39, 0.29) is 0 Å². The summed E-state index contributed by atoms with van der Waals surface area (Å²) in [5.74, 6) is 2.31. The van der Waals surface area contributed by atoms with Crippen molar-refractivity contribution in [3.63, 3.8) is 0 Å². The summed E-state index contributed by atoms with van der Waals surface area (Å²) in [6.07, 6.45) is 6.79. The fraction of sp³-hybridized carbons (Fsp3) is 0.242.